The van der Waals surface area contributed by atoms with Gasteiger partial charge in [-0.3, -0.25) is 14.7 Å². The number of methoxy groups -OCH3 is 1. The van der Waals surface area contributed by atoms with Crippen LogP contribution in [0.1, 0.15) is 28.0 Å². The number of rotatable bonds is 8. The first-order chi connectivity index (χ1) is 12.0. The normalized spacial score (nSPS) is 11.2. The summed E-state index contributed by atoms with van der Waals surface area (Å²) >= 11 is 0. The van der Waals surface area contributed by atoms with Gasteiger partial charge in [0.15, 0.2) is 6.29 Å². The molecular formula is C18H20F2N2O3. The van der Waals surface area contributed by atoms with Crippen molar-refractivity contribution in [2.24, 2.45) is 0 Å². The highest BCUT2D eigenvalue weighted by Gasteiger charge is 2.16. The summed E-state index contributed by atoms with van der Waals surface area (Å²) < 4.78 is 36.9. The van der Waals surface area contributed by atoms with E-state index in [1.807, 2.05) is 19.0 Å². The van der Waals surface area contributed by atoms with Crippen LogP contribution in [0.5, 0.6) is 5.75 Å². The molecule has 0 aliphatic carbocycles. The predicted molar refractivity (Wildman–Crippen MR) is 89.9 cm³/mol. The topological polar surface area (TPSA) is 51.7 Å². The van der Waals surface area contributed by atoms with Crippen LogP contribution in [0.4, 0.5) is 8.78 Å². The summed E-state index contributed by atoms with van der Waals surface area (Å²) in [6, 6.07) is 5.76. The molecule has 1 heterocycles. The summed E-state index contributed by atoms with van der Waals surface area (Å²) in [6.45, 7) is 0.651. The van der Waals surface area contributed by atoms with Gasteiger partial charge < -0.3 is 9.47 Å². The summed E-state index contributed by atoms with van der Waals surface area (Å²) in [5, 5.41) is 0. The Morgan fingerprint density at radius 2 is 2.00 bits per heavy atom. The maximum absolute atomic E-state index is 13.1. The van der Waals surface area contributed by atoms with Crippen LogP contribution in [-0.4, -0.2) is 44.1 Å². The van der Waals surface area contributed by atoms with Crippen LogP contribution in [0, 0.1) is 0 Å². The second kappa shape index (κ2) is 8.64. The molecule has 0 saturated carbocycles. The van der Waals surface area contributed by atoms with E-state index in [1.165, 1.54) is 31.5 Å². The number of nitrogens with zero attached hydrogens (tertiary/aromatic N) is 2. The maximum atomic E-state index is 13.1. The molecule has 2 aromatic rings. The van der Waals surface area contributed by atoms with E-state index in [1.54, 1.807) is 6.07 Å². The number of carbonyl (C=O) groups is 1. The fraction of sp³-hybridized carbons (Fsp3) is 0.333. The molecule has 7 heteroatoms. The molecule has 0 aliphatic heterocycles. The van der Waals surface area contributed by atoms with Gasteiger partial charge in [-0.05, 0) is 43.9 Å². The monoisotopic (exact) mass is 350 g/mol. The van der Waals surface area contributed by atoms with Gasteiger partial charge in [0.2, 0.25) is 0 Å². The summed E-state index contributed by atoms with van der Waals surface area (Å²) in [5.41, 5.74) is 1.63. The average molecular weight is 350 g/mol. The highest BCUT2D eigenvalue weighted by Crippen LogP contribution is 2.35. The molecule has 1 aromatic heterocycles. The van der Waals surface area contributed by atoms with E-state index in [0.29, 0.717) is 41.2 Å². The van der Waals surface area contributed by atoms with E-state index in [-0.39, 0.29) is 12.2 Å². The van der Waals surface area contributed by atoms with Crippen LogP contribution in [0.2, 0.25) is 0 Å². The third-order valence-electron chi connectivity index (χ3n) is 3.48. The number of hydrogen-bond acceptors (Lipinski definition) is 5. The number of aromatic nitrogens is 1. The molecule has 0 atom stereocenters. The largest absolute Gasteiger partial charge is 0.496 e. The summed E-state index contributed by atoms with van der Waals surface area (Å²) in [7, 11) is 5.19. The zero-order valence-electron chi connectivity index (χ0n) is 14.3. The molecule has 0 fully saturated rings. The van der Waals surface area contributed by atoms with Crippen molar-refractivity contribution in [1.82, 2.24) is 9.88 Å². The molecule has 0 radical (unpaired) electrons. The van der Waals surface area contributed by atoms with Gasteiger partial charge in [-0.1, -0.05) is 0 Å². The molecule has 0 unspecified atom stereocenters. The first-order valence-corrected chi connectivity index (χ1v) is 7.59. The van der Waals surface area contributed by atoms with Crippen molar-refractivity contribution in [2.75, 3.05) is 27.9 Å². The lowest BCUT2D eigenvalue weighted by Gasteiger charge is -2.14. The van der Waals surface area contributed by atoms with Crippen molar-refractivity contribution >= 4 is 6.29 Å². The highest BCUT2D eigenvalue weighted by atomic mass is 19.3. The first-order valence-electron chi connectivity index (χ1n) is 7.59. The molecule has 5 nitrogen and oxygen atoms in total. The summed E-state index contributed by atoms with van der Waals surface area (Å²) in [5.74, 6) is 0.402. The summed E-state index contributed by atoms with van der Waals surface area (Å²) in [4.78, 5) is 17.4. The number of halogens is 2. The zero-order chi connectivity index (χ0) is 18.4. The van der Waals surface area contributed by atoms with Crippen LogP contribution >= 0.6 is 0 Å². The van der Waals surface area contributed by atoms with Crippen molar-refractivity contribution in [3.63, 3.8) is 0 Å². The molecule has 2 rings (SSSR count). The van der Waals surface area contributed by atoms with Gasteiger partial charge in [0, 0.05) is 22.9 Å². The van der Waals surface area contributed by atoms with Crippen LogP contribution in [-0.2, 0) is 11.3 Å². The third-order valence-corrected chi connectivity index (χ3v) is 3.48. The van der Waals surface area contributed by atoms with Crippen LogP contribution in [0.3, 0.4) is 0 Å². The summed E-state index contributed by atoms with van der Waals surface area (Å²) in [6.07, 6.45) is -0.569. The molecule has 0 bridgehead atoms. The van der Waals surface area contributed by atoms with Gasteiger partial charge in [-0.15, -0.1) is 0 Å². The number of hydrogen-bond donors (Lipinski definition) is 0. The number of carbonyl (C=O) groups excluding carboxylic acids is 1. The molecule has 0 N–H and O–H groups in total. The molecule has 25 heavy (non-hydrogen) atoms. The SMILES string of the molecule is COc1ccc(C(F)F)cc1-c1cc(COCN(C)C)ncc1C=O. The number of aldehydes is 1. The number of alkyl halides is 2. The molecule has 134 valence electrons. The Balaban J connectivity index is 2.45. The molecule has 0 spiro atoms. The Morgan fingerprint density at radius 3 is 2.60 bits per heavy atom. The second-order valence-electron chi connectivity index (χ2n) is 5.70. The van der Waals surface area contributed by atoms with Gasteiger partial charge in [-0.25, -0.2) is 8.78 Å². The zero-order valence-corrected chi connectivity index (χ0v) is 14.3. The molecule has 0 amide bonds. The number of benzene rings is 1. The Bertz CT molecular complexity index is 736. The van der Waals surface area contributed by atoms with E-state index < -0.39 is 6.43 Å². The van der Waals surface area contributed by atoms with Crippen molar-refractivity contribution in [2.45, 2.75) is 13.0 Å². The van der Waals surface area contributed by atoms with Crippen molar-refractivity contribution in [3.8, 4) is 16.9 Å². The van der Waals surface area contributed by atoms with Gasteiger partial charge in [0.25, 0.3) is 6.43 Å². The Labute approximate surface area is 145 Å². The van der Waals surface area contributed by atoms with Gasteiger partial charge in [-0.2, -0.15) is 0 Å². The minimum Gasteiger partial charge on any atom is -0.496 e. The molecule has 0 saturated heterocycles. The van der Waals surface area contributed by atoms with Crippen molar-refractivity contribution in [3.05, 3.63) is 47.3 Å². The Kier molecular flexibility index (Phi) is 6.55. The van der Waals surface area contributed by atoms with Crippen LogP contribution in [0.15, 0.2) is 30.5 Å². The van der Waals surface area contributed by atoms with Crippen LogP contribution < -0.4 is 4.74 Å². The number of ether oxygens (including phenoxy) is 2. The average Bonchev–Trinajstić information content (AvgIpc) is 2.60. The fourth-order valence-electron chi connectivity index (χ4n) is 2.32. The lowest BCUT2D eigenvalue weighted by Crippen LogP contribution is -2.16. The van der Waals surface area contributed by atoms with Gasteiger partial charge in [0.1, 0.15) is 5.75 Å². The van der Waals surface area contributed by atoms with E-state index in [4.69, 9.17) is 9.47 Å². The van der Waals surface area contributed by atoms with Gasteiger partial charge >= 0.3 is 0 Å². The van der Waals surface area contributed by atoms with E-state index in [0.717, 1.165) is 0 Å². The Hall–Kier alpha value is -2.38. The fourth-order valence-corrected chi connectivity index (χ4v) is 2.32. The van der Waals surface area contributed by atoms with Gasteiger partial charge in [0.05, 0.1) is 26.1 Å². The Morgan fingerprint density at radius 1 is 1.24 bits per heavy atom. The molecule has 0 aliphatic rings. The number of pyridine rings is 1. The van der Waals surface area contributed by atoms with E-state index in [2.05, 4.69) is 4.98 Å². The van der Waals surface area contributed by atoms with E-state index >= 15 is 0 Å². The quantitative estimate of drug-likeness (QED) is 0.538. The van der Waals surface area contributed by atoms with Crippen molar-refractivity contribution in [1.29, 1.82) is 0 Å². The minimum absolute atomic E-state index is 0.144. The maximum Gasteiger partial charge on any atom is 0.263 e. The van der Waals surface area contributed by atoms with Crippen molar-refractivity contribution < 1.29 is 23.0 Å². The molecule has 1 aromatic carbocycles. The second-order valence-corrected chi connectivity index (χ2v) is 5.70. The minimum atomic E-state index is -2.62. The first kappa shape index (κ1) is 19.0. The standard InChI is InChI=1S/C18H20F2N2O3/c1-22(2)11-25-10-14-7-15(13(9-23)8-21-14)16-6-12(18(19)20)4-5-17(16)24-3/h4-9,18H,10-11H2,1-3H3. The third kappa shape index (κ3) is 4.80. The van der Waals surface area contributed by atoms with Crippen LogP contribution in [0.25, 0.3) is 11.1 Å². The lowest BCUT2D eigenvalue weighted by atomic mass is 9.98. The highest BCUT2D eigenvalue weighted by molar-refractivity contribution is 5.89. The smallest absolute Gasteiger partial charge is 0.263 e. The lowest BCUT2D eigenvalue weighted by molar-refractivity contribution is 0.0434. The van der Waals surface area contributed by atoms with E-state index in [9.17, 15) is 13.6 Å². The molecular weight excluding hydrogens is 330 g/mol. The predicted octanol–water partition coefficient (Wildman–Crippen LogP) is 3.54.